The van der Waals surface area contributed by atoms with Gasteiger partial charge in [0.05, 0.1) is 6.10 Å². The standard InChI is InChI=1S/C7H12O2.C7H12O/c1-9-7-4-2-6(8)3-5-7;1-6-2-4-7(8)5-3-6/h7H,2-5H2,1H3;6H,2-5H2,1H3. The van der Waals surface area contributed by atoms with Crippen molar-refractivity contribution in [3.8, 4) is 0 Å². The van der Waals surface area contributed by atoms with E-state index in [9.17, 15) is 9.59 Å². The van der Waals surface area contributed by atoms with E-state index in [-0.39, 0.29) is 0 Å². The second-order valence-corrected chi connectivity index (χ2v) is 5.19. The molecule has 2 rings (SSSR count). The molecular weight excluding hydrogens is 216 g/mol. The molecule has 0 bridgehead atoms. The minimum atomic E-state index is 0.350. The molecule has 0 aromatic heterocycles. The smallest absolute Gasteiger partial charge is 0.133 e. The first-order chi connectivity index (χ1) is 8.11. The number of ether oxygens (including phenoxy) is 1. The number of Topliss-reactive ketones (excluding diaryl/α,β-unsaturated/α-hetero) is 2. The van der Waals surface area contributed by atoms with Gasteiger partial charge in [-0.05, 0) is 31.6 Å². The molecule has 17 heavy (non-hydrogen) atoms. The monoisotopic (exact) mass is 240 g/mol. The van der Waals surface area contributed by atoms with Crippen molar-refractivity contribution in [1.29, 1.82) is 0 Å². The Hall–Kier alpha value is -0.700. The zero-order valence-electron chi connectivity index (χ0n) is 11.0. The van der Waals surface area contributed by atoms with Crippen molar-refractivity contribution >= 4 is 11.6 Å². The molecule has 2 aliphatic carbocycles. The van der Waals surface area contributed by atoms with E-state index < -0.39 is 0 Å². The van der Waals surface area contributed by atoms with Crippen molar-refractivity contribution in [3.63, 3.8) is 0 Å². The summed E-state index contributed by atoms with van der Waals surface area (Å²) in [6.45, 7) is 2.21. The Balaban J connectivity index is 0.000000171. The third-order valence-corrected chi connectivity index (χ3v) is 3.66. The molecule has 0 aromatic rings. The van der Waals surface area contributed by atoms with Crippen LogP contribution in [-0.4, -0.2) is 24.8 Å². The quantitative estimate of drug-likeness (QED) is 0.707. The van der Waals surface area contributed by atoms with Crippen LogP contribution < -0.4 is 0 Å². The van der Waals surface area contributed by atoms with Crippen LogP contribution in [0.2, 0.25) is 0 Å². The van der Waals surface area contributed by atoms with Gasteiger partial charge in [0, 0.05) is 32.8 Å². The third kappa shape index (κ3) is 5.97. The van der Waals surface area contributed by atoms with Crippen LogP contribution in [0.5, 0.6) is 0 Å². The van der Waals surface area contributed by atoms with Crippen LogP contribution in [-0.2, 0) is 14.3 Å². The predicted molar refractivity (Wildman–Crippen MR) is 66.9 cm³/mol. The van der Waals surface area contributed by atoms with Crippen LogP contribution >= 0.6 is 0 Å². The fraction of sp³-hybridized carbons (Fsp3) is 0.857. The van der Waals surface area contributed by atoms with Crippen LogP contribution in [0.4, 0.5) is 0 Å². The van der Waals surface area contributed by atoms with Crippen molar-refractivity contribution in [2.75, 3.05) is 7.11 Å². The fourth-order valence-corrected chi connectivity index (χ4v) is 2.23. The fourth-order valence-electron chi connectivity index (χ4n) is 2.23. The molecule has 0 aliphatic heterocycles. The topological polar surface area (TPSA) is 43.4 Å². The molecule has 3 nitrogen and oxygen atoms in total. The van der Waals surface area contributed by atoms with Crippen molar-refractivity contribution in [2.45, 2.75) is 64.4 Å². The summed E-state index contributed by atoms with van der Waals surface area (Å²) in [4.78, 5) is 21.3. The number of carbonyl (C=O) groups is 2. The summed E-state index contributed by atoms with van der Waals surface area (Å²) in [7, 11) is 1.71. The second kappa shape index (κ2) is 7.59. The molecule has 0 amide bonds. The van der Waals surface area contributed by atoms with Crippen LogP contribution in [0.1, 0.15) is 58.3 Å². The molecule has 0 atom stereocenters. The second-order valence-electron chi connectivity index (χ2n) is 5.19. The maximum atomic E-state index is 10.7. The Kier molecular flexibility index (Phi) is 6.41. The number of rotatable bonds is 1. The average molecular weight is 240 g/mol. The first kappa shape index (κ1) is 14.4. The number of methoxy groups -OCH3 is 1. The predicted octanol–water partition coefficient (Wildman–Crippen LogP) is 2.91. The largest absolute Gasteiger partial charge is 0.381 e. The van der Waals surface area contributed by atoms with Crippen LogP contribution in [0.15, 0.2) is 0 Å². The Morgan fingerprint density at radius 1 is 0.882 bits per heavy atom. The first-order valence-electron chi connectivity index (χ1n) is 6.68. The molecule has 0 heterocycles. The molecule has 98 valence electrons. The SMILES string of the molecule is CC1CCC(=O)CC1.COC1CCC(=O)CC1. The molecule has 2 fully saturated rings. The molecule has 0 aromatic carbocycles. The van der Waals surface area contributed by atoms with Gasteiger partial charge in [-0.2, -0.15) is 0 Å². The van der Waals surface area contributed by atoms with Crippen LogP contribution in [0.3, 0.4) is 0 Å². The minimum Gasteiger partial charge on any atom is -0.381 e. The summed E-state index contributed by atoms with van der Waals surface area (Å²) in [6, 6.07) is 0. The highest BCUT2D eigenvalue weighted by Crippen LogP contribution is 2.19. The summed E-state index contributed by atoms with van der Waals surface area (Å²) in [5, 5.41) is 0. The van der Waals surface area contributed by atoms with E-state index in [2.05, 4.69) is 6.92 Å². The van der Waals surface area contributed by atoms with Gasteiger partial charge < -0.3 is 4.74 Å². The molecule has 0 N–H and O–H groups in total. The van der Waals surface area contributed by atoms with Gasteiger partial charge >= 0.3 is 0 Å². The highest BCUT2D eigenvalue weighted by Gasteiger charge is 2.17. The Morgan fingerprint density at radius 3 is 1.65 bits per heavy atom. The molecule has 0 spiro atoms. The van der Waals surface area contributed by atoms with E-state index in [0.717, 1.165) is 57.3 Å². The molecule has 2 saturated carbocycles. The summed E-state index contributed by atoms with van der Waals surface area (Å²) in [6.07, 6.45) is 7.56. The zero-order chi connectivity index (χ0) is 12.7. The van der Waals surface area contributed by atoms with Crippen molar-refractivity contribution in [1.82, 2.24) is 0 Å². The lowest BCUT2D eigenvalue weighted by molar-refractivity contribution is -0.122. The van der Waals surface area contributed by atoms with Crippen LogP contribution in [0.25, 0.3) is 0 Å². The normalized spacial score (nSPS) is 23.2. The van der Waals surface area contributed by atoms with Crippen LogP contribution in [0, 0.1) is 5.92 Å². The molecule has 2 aliphatic rings. The first-order valence-corrected chi connectivity index (χ1v) is 6.68. The maximum absolute atomic E-state index is 10.7. The molecule has 0 unspecified atom stereocenters. The lowest BCUT2D eigenvalue weighted by Crippen LogP contribution is -2.19. The summed E-state index contributed by atoms with van der Waals surface area (Å²) in [5.74, 6) is 1.65. The average Bonchev–Trinajstić information content (AvgIpc) is 2.35. The van der Waals surface area contributed by atoms with Gasteiger partial charge in [-0.3, -0.25) is 9.59 Å². The van der Waals surface area contributed by atoms with Gasteiger partial charge in [0.2, 0.25) is 0 Å². The third-order valence-electron chi connectivity index (χ3n) is 3.66. The molecular formula is C14H24O3. The van der Waals surface area contributed by atoms with Gasteiger partial charge in [-0.25, -0.2) is 0 Å². The Morgan fingerprint density at radius 2 is 1.29 bits per heavy atom. The van der Waals surface area contributed by atoms with E-state index in [0.29, 0.717) is 17.7 Å². The number of ketones is 2. The summed E-state index contributed by atoms with van der Waals surface area (Å²) < 4.78 is 5.09. The lowest BCUT2D eigenvalue weighted by atomic mass is 9.90. The molecule has 3 heteroatoms. The molecule has 0 saturated heterocycles. The van der Waals surface area contributed by atoms with Gasteiger partial charge in [-0.15, -0.1) is 0 Å². The lowest BCUT2D eigenvalue weighted by Gasteiger charge is -2.18. The van der Waals surface area contributed by atoms with Crippen molar-refractivity contribution in [3.05, 3.63) is 0 Å². The minimum absolute atomic E-state index is 0.350. The number of hydrogen-bond donors (Lipinski definition) is 0. The van der Waals surface area contributed by atoms with E-state index in [1.54, 1.807) is 7.11 Å². The summed E-state index contributed by atoms with van der Waals surface area (Å²) in [5.41, 5.74) is 0. The van der Waals surface area contributed by atoms with Gasteiger partial charge in [0.1, 0.15) is 11.6 Å². The van der Waals surface area contributed by atoms with Gasteiger partial charge in [0.15, 0.2) is 0 Å². The van der Waals surface area contributed by atoms with E-state index in [4.69, 9.17) is 4.74 Å². The van der Waals surface area contributed by atoms with E-state index in [1.807, 2.05) is 0 Å². The van der Waals surface area contributed by atoms with E-state index >= 15 is 0 Å². The molecule has 0 radical (unpaired) electrons. The van der Waals surface area contributed by atoms with Crippen molar-refractivity contribution in [2.24, 2.45) is 5.92 Å². The Labute approximate surface area is 104 Å². The van der Waals surface area contributed by atoms with Gasteiger partial charge in [0.25, 0.3) is 0 Å². The van der Waals surface area contributed by atoms with Gasteiger partial charge in [-0.1, -0.05) is 6.92 Å². The maximum Gasteiger partial charge on any atom is 0.133 e. The number of hydrogen-bond acceptors (Lipinski definition) is 3. The van der Waals surface area contributed by atoms with E-state index in [1.165, 1.54) is 0 Å². The highest BCUT2D eigenvalue weighted by molar-refractivity contribution is 5.79. The zero-order valence-corrected chi connectivity index (χ0v) is 11.0. The Bertz CT molecular complexity index is 240. The number of carbonyl (C=O) groups excluding carboxylic acids is 2. The summed E-state index contributed by atoms with van der Waals surface area (Å²) >= 11 is 0. The van der Waals surface area contributed by atoms with Crippen molar-refractivity contribution < 1.29 is 14.3 Å². The highest BCUT2D eigenvalue weighted by atomic mass is 16.5.